The maximum absolute atomic E-state index is 11.9. The molecule has 0 aliphatic carbocycles. The monoisotopic (exact) mass is 346 g/mol. The van der Waals surface area contributed by atoms with Crippen molar-refractivity contribution >= 4 is 17.4 Å². The van der Waals surface area contributed by atoms with Gasteiger partial charge in [-0.25, -0.2) is 0 Å². The van der Waals surface area contributed by atoms with Crippen molar-refractivity contribution in [3.05, 3.63) is 47.0 Å². The second kappa shape index (κ2) is 8.32. The predicted octanol–water partition coefficient (Wildman–Crippen LogP) is 1.71. The summed E-state index contributed by atoms with van der Waals surface area (Å²) in [4.78, 5) is 14.2. The number of nitrogens with one attached hydrogen (secondary N) is 1. The van der Waals surface area contributed by atoms with E-state index >= 15 is 0 Å². The molecule has 1 aliphatic heterocycles. The fourth-order valence-electron chi connectivity index (χ4n) is 2.99. The molecular formula is C17H22N4O2S. The van der Waals surface area contributed by atoms with E-state index in [1.54, 1.807) is 5.38 Å². The first-order chi connectivity index (χ1) is 11.7. The Balaban J connectivity index is 1.39. The molecule has 2 N–H and O–H groups in total. The molecule has 0 radical (unpaired) electrons. The Hall–Kier alpha value is -1.83. The van der Waals surface area contributed by atoms with Gasteiger partial charge in [0.1, 0.15) is 0 Å². The smallest absolute Gasteiger partial charge is 0.272 e. The van der Waals surface area contributed by atoms with Crippen LogP contribution in [0.2, 0.25) is 0 Å². The van der Waals surface area contributed by atoms with Crippen molar-refractivity contribution < 1.29 is 9.90 Å². The molecule has 1 aromatic heterocycles. The van der Waals surface area contributed by atoms with E-state index in [2.05, 4.69) is 19.8 Å². The average Bonchev–Trinajstić information content (AvgIpc) is 3.16. The molecule has 1 fully saturated rings. The molecule has 128 valence electrons. The van der Waals surface area contributed by atoms with Crippen molar-refractivity contribution in [2.45, 2.75) is 18.9 Å². The molecule has 0 bridgehead atoms. The van der Waals surface area contributed by atoms with E-state index in [9.17, 15) is 9.90 Å². The number of piperidine rings is 1. The number of amides is 1. The Kier molecular flexibility index (Phi) is 5.90. The van der Waals surface area contributed by atoms with E-state index in [0.29, 0.717) is 24.7 Å². The Bertz CT molecular complexity index is 627. The average molecular weight is 346 g/mol. The Morgan fingerprint density at radius 3 is 2.75 bits per heavy atom. The van der Waals surface area contributed by atoms with Gasteiger partial charge in [-0.3, -0.25) is 4.79 Å². The summed E-state index contributed by atoms with van der Waals surface area (Å²) >= 11 is 1.18. The van der Waals surface area contributed by atoms with Gasteiger partial charge in [0.05, 0.1) is 6.10 Å². The van der Waals surface area contributed by atoms with E-state index in [1.807, 2.05) is 30.3 Å². The molecule has 0 saturated carbocycles. The minimum atomic E-state index is -0.445. The lowest BCUT2D eigenvalue weighted by Gasteiger charge is -2.33. The zero-order chi connectivity index (χ0) is 16.8. The lowest BCUT2D eigenvalue weighted by molar-refractivity contribution is 0.0850. The van der Waals surface area contributed by atoms with Gasteiger partial charge in [0, 0.05) is 18.5 Å². The summed E-state index contributed by atoms with van der Waals surface area (Å²) in [6.07, 6.45) is 1.61. The Morgan fingerprint density at radius 2 is 2.08 bits per heavy atom. The molecule has 6 nitrogen and oxygen atoms in total. The van der Waals surface area contributed by atoms with Crippen LogP contribution in [0, 0.1) is 5.92 Å². The van der Waals surface area contributed by atoms with Gasteiger partial charge in [0.25, 0.3) is 5.91 Å². The summed E-state index contributed by atoms with van der Waals surface area (Å²) in [7, 11) is 0. The maximum atomic E-state index is 11.9. The Labute approximate surface area is 145 Å². The van der Waals surface area contributed by atoms with Crippen molar-refractivity contribution in [2.24, 2.45) is 5.92 Å². The normalized spacial score (nSPS) is 17.5. The van der Waals surface area contributed by atoms with Crippen molar-refractivity contribution in [3.63, 3.8) is 0 Å². The van der Waals surface area contributed by atoms with Gasteiger partial charge in [0.15, 0.2) is 5.69 Å². The highest BCUT2D eigenvalue weighted by molar-refractivity contribution is 7.03. The van der Waals surface area contributed by atoms with Crippen molar-refractivity contribution in [3.8, 4) is 0 Å². The number of hydrogen-bond donors (Lipinski definition) is 2. The molecule has 3 rings (SSSR count). The van der Waals surface area contributed by atoms with E-state index in [1.165, 1.54) is 11.5 Å². The fourth-order valence-corrected chi connectivity index (χ4v) is 3.43. The van der Waals surface area contributed by atoms with E-state index in [4.69, 9.17) is 0 Å². The minimum Gasteiger partial charge on any atom is -0.387 e. The predicted molar refractivity (Wildman–Crippen MR) is 92.8 cm³/mol. The van der Waals surface area contributed by atoms with E-state index < -0.39 is 6.10 Å². The van der Waals surface area contributed by atoms with Crippen LogP contribution in [0.25, 0.3) is 0 Å². The quantitative estimate of drug-likeness (QED) is 0.833. The molecule has 1 amide bonds. The summed E-state index contributed by atoms with van der Waals surface area (Å²) in [5.74, 6) is 0.330. The molecule has 2 heterocycles. The van der Waals surface area contributed by atoms with Gasteiger partial charge in [-0.1, -0.05) is 34.8 Å². The fraction of sp³-hybridized carbons (Fsp3) is 0.471. The molecule has 7 heteroatoms. The second-order valence-electron chi connectivity index (χ2n) is 6.17. The summed E-state index contributed by atoms with van der Waals surface area (Å²) in [5, 5.41) is 18.7. The third-order valence-corrected chi connectivity index (χ3v) is 4.97. The zero-order valence-electron chi connectivity index (χ0n) is 13.5. The largest absolute Gasteiger partial charge is 0.387 e. The molecule has 1 unspecified atom stereocenters. The number of nitrogens with zero attached hydrogens (tertiary/aromatic N) is 3. The van der Waals surface area contributed by atoms with Crippen molar-refractivity contribution in [1.29, 1.82) is 0 Å². The highest BCUT2D eigenvalue weighted by Crippen LogP contribution is 2.20. The molecule has 1 atom stereocenters. The minimum absolute atomic E-state index is 0.148. The van der Waals surface area contributed by atoms with Gasteiger partial charge >= 0.3 is 0 Å². The van der Waals surface area contributed by atoms with Gasteiger partial charge in [-0.15, -0.1) is 5.10 Å². The standard InChI is InChI=1S/C17H22N4O2S/c22-16(14-4-2-1-3-5-14)11-21-8-6-13(7-9-21)10-18-17(23)15-12-24-20-19-15/h1-5,12-13,16,22H,6-11H2,(H,18,23). The van der Waals surface area contributed by atoms with Crippen LogP contribution >= 0.6 is 11.5 Å². The number of aliphatic hydroxyl groups is 1. The summed E-state index contributed by atoms with van der Waals surface area (Å²) in [5.41, 5.74) is 1.35. The lowest BCUT2D eigenvalue weighted by Crippen LogP contribution is -2.40. The summed E-state index contributed by atoms with van der Waals surface area (Å²) in [6.45, 7) is 3.23. The number of β-amino-alcohol motifs (C(OH)–C–C–N with tert-alkyl or cyclic N) is 1. The number of likely N-dealkylation sites (tertiary alicyclic amines) is 1. The van der Waals surface area contributed by atoms with Gasteiger partial charge < -0.3 is 15.3 Å². The molecule has 0 spiro atoms. The highest BCUT2D eigenvalue weighted by Gasteiger charge is 2.22. The topological polar surface area (TPSA) is 78.4 Å². The summed E-state index contributed by atoms with van der Waals surface area (Å²) < 4.78 is 3.70. The van der Waals surface area contributed by atoms with Gasteiger partial charge in [0.2, 0.25) is 0 Å². The first-order valence-electron chi connectivity index (χ1n) is 8.23. The number of carbonyl (C=O) groups excluding carboxylic acids is 1. The number of carbonyl (C=O) groups is 1. The van der Waals surface area contributed by atoms with Crippen LogP contribution in [0.5, 0.6) is 0 Å². The number of hydrogen-bond acceptors (Lipinski definition) is 6. The van der Waals surface area contributed by atoms with Crippen LogP contribution in [0.15, 0.2) is 35.7 Å². The summed E-state index contributed by atoms with van der Waals surface area (Å²) in [6, 6.07) is 9.77. The first kappa shape index (κ1) is 17.0. The van der Waals surface area contributed by atoms with Gasteiger partial charge in [-0.05, 0) is 48.9 Å². The number of aromatic nitrogens is 2. The highest BCUT2D eigenvalue weighted by atomic mass is 32.1. The van der Waals surface area contributed by atoms with Crippen molar-refractivity contribution in [1.82, 2.24) is 19.8 Å². The number of aliphatic hydroxyl groups excluding tert-OH is 1. The van der Waals surface area contributed by atoms with Gasteiger partial charge in [-0.2, -0.15) is 0 Å². The van der Waals surface area contributed by atoms with E-state index in [-0.39, 0.29) is 5.91 Å². The molecule has 1 saturated heterocycles. The molecular weight excluding hydrogens is 324 g/mol. The van der Waals surface area contributed by atoms with Crippen LogP contribution in [-0.2, 0) is 0 Å². The second-order valence-corrected chi connectivity index (χ2v) is 6.78. The van der Waals surface area contributed by atoms with Crippen LogP contribution in [0.1, 0.15) is 35.0 Å². The van der Waals surface area contributed by atoms with Crippen LogP contribution in [-0.4, -0.2) is 51.7 Å². The van der Waals surface area contributed by atoms with Crippen LogP contribution in [0.4, 0.5) is 0 Å². The van der Waals surface area contributed by atoms with E-state index in [0.717, 1.165) is 31.5 Å². The maximum Gasteiger partial charge on any atom is 0.272 e. The number of benzene rings is 1. The van der Waals surface area contributed by atoms with Crippen LogP contribution < -0.4 is 5.32 Å². The third kappa shape index (κ3) is 4.59. The molecule has 24 heavy (non-hydrogen) atoms. The Morgan fingerprint density at radius 1 is 1.33 bits per heavy atom. The molecule has 1 aromatic carbocycles. The lowest BCUT2D eigenvalue weighted by atomic mass is 9.96. The zero-order valence-corrected chi connectivity index (χ0v) is 14.3. The van der Waals surface area contributed by atoms with Crippen LogP contribution in [0.3, 0.4) is 0 Å². The third-order valence-electron chi connectivity index (χ3n) is 4.47. The SMILES string of the molecule is O=C(NCC1CCN(CC(O)c2ccccc2)CC1)c1csnn1. The molecule has 2 aromatic rings. The number of rotatable bonds is 6. The molecule has 1 aliphatic rings. The van der Waals surface area contributed by atoms with Crippen molar-refractivity contribution in [2.75, 3.05) is 26.2 Å². The first-order valence-corrected chi connectivity index (χ1v) is 9.06.